The summed E-state index contributed by atoms with van der Waals surface area (Å²) in [7, 11) is 0. The molecule has 1 amide bonds. The molecule has 0 aromatic rings. The Labute approximate surface area is 115 Å². The number of nitrogens with two attached hydrogens (primary N) is 1. The molecule has 1 heterocycles. The fourth-order valence-electron chi connectivity index (χ4n) is 1.86. The zero-order chi connectivity index (χ0) is 13.3. The molecular formula is C12H25ClN2O3. The van der Waals surface area contributed by atoms with Crippen LogP contribution >= 0.6 is 12.4 Å². The first-order chi connectivity index (χ1) is 7.64. The van der Waals surface area contributed by atoms with E-state index in [1.54, 1.807) is 11.8 Å². The molecule has 1 aliphatic heterocycles. The molecule has 5 nitrogen and oxygen atoms in total. The van der Waals surface area contributed by atoms with Crippen molar-refractivity contribution >= 4 is 18.5 Å². The minimum Gasteiger partial charge on any atom is -0.444 e. The van der Waals surface area contributed by atoms with Crippen LogP contribution in [-0.2, 0) is 4.74 Å². The summed E-state index contributed by atoms with van der Waals surface area (Å²) in [6.45, 7) is 8.30. The van der Waals surface area contributed by atoms with E-state index in [1.807, 2.05) is 20.8 Å². The molecule has 0 spiro atoms. The van der Waals surface area contributed by atoms with Gasteiger partial charge in [0, 0.05) is 19.1 Å². The highest BCUT2D eigenvalue weighted by atomic mass is 35.5. The van der Waals surface area contributed by atoms with Crippen LogP contribution in [0.3, 0.4) is 0 Å². The molecular weight excluding hydrogens is 256 g/mol. The van der Waals surface area contributed by atoms with Crippen LogP contribution in [0.25, 0.3) is 0 Å². The second-order valence-electron chi connectivity index (χ2n) is 5.86. The Morgan fingerprint density at radius 1 is 1.39 bits per heavy atom. The van der Waals surface area contributed by atoms with Crippen molar-refractivity contribution < 1.29 is 14.6 Å². The van der Waals surface area contributed by atoms with Gasteiger partial charge in [0.2, 0.25) is 0 Å². The SMILES string of the molecule is CC(N)C1(O)CCN(C(=O)OC(C)(C)C)CC1.Cl. The maximum absolute atomic E-state index is 11.8. The molecule has 1 saturated heterocycles. The summed E-state index contributed by atoms with van der Waals surface area (Å²) in [5, 5.41) is 10.2. The van der Waals surface area contributed by atoms with E-state index in [4.69, 9.17) is 10.5 Å². The van der Waals surface area contributed by atoms with Crippen LogP contribution in [0, 0.1) is 0 Å². The van der Waals surface area contributed by atoms with Crippen LogP contribution in [0.1, 0.15) is 40.5 Å². The molecule has 1 fully saturated rings. The van der Waals surface area contributed by atoms with Gasteiger partial charge in [-0.05, 0) is 40.5 Å². The van der Waals surface area contributed by atoms with E-state index in [0.29, 0.717) is 25.9 Å². The van der Waals surface area contributed by atoms with E-state index in [0.717, 1.165) is 0 Å². The van der Waals surface area contributed by atoms with Gasteiger partial charge in [-0.1, -0.05) is 0 Å². The van der Waals surface area contributed by atoms with Crippen LogP contribution in [0.2, 0.25) is 0 Å². The lowest BCUT2D eigenvalue weighted by atomic mass is 9.86. The Hall–Kier alpha value is -0.520. The summed E-state index contributed by atoms with van der Waals surface area (Å²) < 4.78 is 5.28. The molecule has 0 saturated carbocycles. The lowest BCUT2D eigenvalue weighted by Crippen LogP contribution is -2.55. The Morgan fingerprint density at radius 3 is 2.17 bits per heavy atom. The van der Waals surface area contributed by atoms with E-state index < -0.39 is 11.2 Å². The maximum atomic E-state index is 11.8. The average Bonchev–Trinajstić information content (AvgIpc) is 2.15. The molecule has 1 atom stereocenters. The Morgan fingerprint density at radius 2 is 1.83 bits per heavy atom. The van der Waals surface area contributed by atoms with Crippen molar-refractivity contribution in [3.05, 3.63) is 0 Å². The normalized spacial score (nSPS) is 20.9. The monoisotopic (exact) mass is 280 g/mol. The van der Waals surface area contributed by atoms with Gasteiger partial charge in [0.1, 0.15) is 5.60 Å². The first-order valence-electron chi connectivity index (χ1n) is 6.10. The van der Waals surface area contributed by atoms with Crippen molar-refractivity contribution in [2.45, 2.75) is 57.8 Å². The van der Waals surface area contributed by atoms with E-state index in [2.05, 4.69) is 0 Å². The molecule has 0 aliphatic carbocycles. The largest absolute Gasteiger partial charge is 0.444 e. The van der Waals surface area contributed by atoms with Crippen LogP contribution in [-0.4, -0.2) is 46.4 Å². The molecule has 0 aromatic heterocycles. The predicted octanol–water partition coefficient (Wildman–Crippen LogP) is 1.52. The first-order valence-corrected chi connectivity index (χ1v) is 6.10. The van der Waals surface area contributed by atoms with Crippen LogP contribution in [0.5, 0.6) is 0 Å². The third-order valence-electron chi connectivity index (χ3n) is 3.13. The zero-order valence-electron chi connectivity index (χ0n) is 11.6. The Kier molecular flexibility index (Phi) is 5.91. The number of carbonyl (C=O) groups excluding carboxylic acids is 1. The van der Waals surface area contributed by atoms with Crippen LogP contribution < -0.4 is 5.73 Å². The number of nitrogens with zero attached hydrogens (tertiary/aromatic N) is 1. The highest BCUT2D eigenvalue weighted by Crippen LogP contribution is 2.25. The minimum atomic E-state index is -0.849. The molecule has 0 aromatic carbocycles. The highest BCUT2D eigenvalue weighted by Gasteiger charge is 2.37. The predicted molar refractivity (Wildman–Crippen MR) is 72.9 cm³/mol. The molecule has 0 radical (unpaired) electrons. The third kappa shape index (κ3) is 4.63. The Balaban J connectivity index is 0.00000289. The van der Waals surface area contributed by atoms with Crippen LogP contribution in [0.15, 0.2) is 0 Å². The van der Waals surface area contributed by atoms with Gasteiger partial charge in [-0.3, -0.25) is 0 Å². The molecule has 6 heteroatoms. The number of halogens is 1. The number of likely N-dealkylation sites (tertiary alicyclic amines) is 1. The van der Waals surface area contributed by atoms with Crippen molar-refractivity contribution in [3.63, 3.8) is 0 Å². The van der Waals surface area contributed by atoms with E-state index >= 15 is 0 Å². The van der Waals surface area contributed by atoms with Crippen molar-refractivity contribution in [1.29, 1.82) is 0 Å². The van der Waals surface area contributed by atoms with Crippen molar-refractivity contribution in [2.75, 3.05) is 13.1 Å². The molecule has 18 heavy (non-hydrogen) atoms. The van der Waals surface area contributed by atoms with Gasteiger partial charge < -0.3 is 20.5 Å². The van der Waals surface area contributed by atoms with Crippen molar-refractivity contribution in [3.8, 4) is 0 Å². The Bertz CT molecular complexity index is 282. The number of aliphatic hydroxyl groups is 1. The topological polar surface area (TPSA) is 75.8 Å². The number of ether oxygens (including phenoxy) is 1. The van der Waals surface area contributed by atoms with Crippen LogP contribution in [0.4, 0.5) is 4.79 Å². The summed E-state index contributed by atoms with van der Waals surface area (Å²) in [5.41, 5.74) is 4.41. The van der Waals surface area contributed by atoms with Gasteiger partial charge in [-0.25, -0.2) is 4.79 Å². The standard InChI is InChI=1S/C12H24N2O3.ClH/c1-9(13)12(16)5-7-14(8-6-12)10(15)17-11(2,3)4;/h9,16H,5-8,13H2,1-4H3;1H. The lowest BCUT2D eigenvalue weighted by molar-refractivity contribution is -0.0435. The molecule has 1 unspecified atom stereocenters. The van der Waals surface area contributed by atoms with Gasteiger partial charge in [0.25, 0.3) is 0 Å². The lowest BCUT2D eigenvalue weighted by Gasteiger charge is -2.40. The quantitative estimate of drug-likeness (QED) is 0.763. The number of hydrogen-bond donors (Lipinski definition) is 2. The number of piperidine rings is 1. The van der Waals surface area contributed by atoms with E-state index in [1.165, 1.54) is 0 Å². The fourth-order valence-corrected chi connectivity index (χ4v) is 1.86. The number of hydrogen-bond acceptors (Lipinski definition) is 4. The van der Waals surface area contributed by atoms with Crippen molar-refractivity contribution in [2.24, 2.45) is 5.73 Å². The van der Waals surface area contributed by atoms with Gasteiger partial charge >= 0.3 is 6.09 Å². The number of rotatable bonds is 1. The summed E-state index contributed by atoms with van der Waals surface area (Å²) >= 11 is 0. The second-order valence-corrected chi connectivity index (χ2v) is 5.86. The average molecular weight is 281 g/mol. The molecule has 1 rings (SSSR count). The summed E-state index contributed by atoms with van der Waals surface area (Å²) in [6.07, 6.45) is 0.692. The summed E-state index contributed by atoms with van der Waals surface area (Å²) in [6, 6.07) is -0.275. The zero-order valence-corrected chi connectivity index (χ0v) is 12.4. The van der Waals surface area contributed by atoms with Gasteiger partial charge in [0.05, 0.1) is 5.60 Å². The minimum absolute atomic E-state index is 0. The first kappa shape index (κ1) is 17.5. The fraction of sp³-hybridized carbons (Fsp3) is 0.917. The third-order valence-corrected chi connectivity index (χ3v) is 3.13. The second kappa shape index (κ2) is 6.08. The molecule has 108 valence electrons. The van der Waals surface area contributed by atoms with Gasteiger partial charge in [-0.2, -0.15) is 0 Å². The maximum Gasteiger partial charge on any atom is 0.410 e. The van der Waals surface area contributed by atoms with E-state index in [-0.39, 0.29) is 24.5 Å². The van der Waals surface area contributed by atoms with Gasteiger partial charge in [0.15, 0.2) is 0 Å². The molecule has 3 N–H and O–H groups in total. The molecule has 1 aliphatic rings. The summed E-state index contributed by atoms with van der Waals surface area (Å²) in [5.74, 6) is 0. The molecule has 0 bridgehead atoms. The van der Waals surface area contributed by atoms with E-state index in [9.17, 15) is 9.90 Å². The smallest absolute Gasteiger partial charge is 0.410 e. The number of carbonyl (C=O) groups is 1. The van der Waals surface area contributed by atoms with Crippen molar-refractivity contribution in [1.82, 2.24) is 4.90 Å². The summed E-state index contributed by atoms with van der Waals surface area (Å²) in [4.78, 5) is 13.4. The van der Waals surface area contributed by atoms with Gasteiger partial charge in [-0.15, -0.1) is 12.4 Å². The highest BCUT2D eigenvalue weighted by molar-refractivity contribution is 5.85. The number of amides is 1.